The molecule has 1 saturated carbocycles. The summed E-state index contributed by atoms with van der Waals surface area (Å²) in [5, 5.41) is 3.11. The van der Waals surface area contributed by atoms with Crippen LogP contribution < -0.4 is 10.4 Å². The molecule has 0 aromatic heterocycles. The van der Waals surface area contributed by atoms with Crippen LogP contribution in [-0.2, 0) is 13.4 Å². The molecule has 3 nitrogen and oxygen atoms in total. The fourth-order valence-corrected chi connectivity index (χ4v) is 14.3. The zero-order valence-corrected chi connectivity index (χ0v) is 28.7. The first-order valence-electron chi connectivity index (χ1n) is 15.3. The molecule has 4 aliphatic rings. The van der Waals surface area contributed by atoms with Crippen LogP contribution in [0.25, 0.3) is 0 Å². The minimum absolute atomic E-state index is 0. The molecule has 42 heavy (non-hydrogen) atoms. The number of guanidine groups is 1. The average molecular weight is 660 g/mol. The molecule has 2 heterocycles. The van der Waals surface area contributed by atoms with Crippen molar-refractivity contribution < 1.29 is 13.4 Å². The van der Waals surface area contributed by atoms with Crippen LogP contribution in [0.3, 0.4) is 0 Å². The molecule has 2 aromatic carbocycles. The second-order valence-electron chi connectivity index (χ2n) is 11.7. The Morgan fingerprint density at radius 2 is 1.50 bits per heavy atom. The van der Waals surface area contributed by atoms with E-state index in [4.69, 9.17) is 25.1 Å². The number of benzene rings is 2. The van der Waals surface area contributed by atoms with E-state index < -0.39 is 8.24 Å². The summed E-state index contributed by atoms with van der Waals surface area (Å²) in [6.45, 7) is 8.33. The molecule has 2 aromatic rings. The molecule has 2 aliphatic heterocycles. The molecule has 2 aliphatic carbocycles. The molecule has 0 bridgehead atoms. The second kappa shape index (κ2) is 16.4. The van der Waals surface area contributed by atoms with Crippen molar-refractivity contribution in [3.8, 4) is 0 Å². The summed E-state index contributed by atoms with van der Waals surface area (Å²) in [5.74, 6) is 3.26. The Hall–Kier alpha value is -1.74. The number of fused-ring (bicyclic) bond motifs is 2. The molecule has 4 unspecified atom stereocenters. The molecular formula is C35H46Cl2CrN3Si. The van der Waals surface area contributed by atoms with Crippen molar-refractivity contribution in [3.05, 3.63) is 105 Å². The van der Waals surface area contributed by atoms with Gasteiger partial charge in [-0.3, -0.25) is 4.99 Å². The standard InChI is InChI=1S/C34H43N3Si.CH3.2ClH.Cr/c1-2-3-4-7-16-28-27-33(32-22-13-12-21-31(28)32)38(29-17-8-5-9-18-29,30-19-10-6-11-20-30)37-26-15-25-36-24-14-23-35-34(36)37;;;;/h2,5-6,8-13,17-22,28,31-33H,1,3-4,7,14-16,23-27H2;1H3;2*1H;/q;-1;;;+3/p-2. The Morgan fingerprint density at radius 3 is 2.14 bits per heavy atom. The minimum atomic E-state index is -2.47. The van der Waals surface area contributed by atoms with E-state index in [1.165, 1.54) is 44.5 Å². The molecule has 6 rings (SSSR count). The molecule has 4 atom stereocenters. The van der Waals surface area contributed by atoms with Gasteiger partial charge in [0.25, 0.3) is 0 Å². The van der Waals surface area contributed by atoms with Gasteiger partial charge in [-0.1, -0.05) is 97.5 Å². The summed E-state index contributed by atoms with van der Waals surface area (Å²) in [6.07, 6.45) is 20.6. The van der Waals surface area contributed by atoms with Gasteiger partial charge in [0.05, 0.1) is 0 Å². The average Bonchev–Trinajstić information content (AvgIpc) is 3.40. The van der Waals surface area contributed by atoms with Crippen molar-refractivity contribution in [1.82, 2.24) is 9.47 Å². The van der Waals surface area contributed by atoms with E-state index in [1.54, 1.807) is 10.4 Å². The van der Waals surface area contributed by atoms with Gasteiger partial charge < -0.3 is 16.9 Å². The van der Waals surface area contributed by atoms with E-state index in [2.05, 4.69) is 107 Å². The van der Waals surface area contributed by atoms with Gasteiger partial charge in [0, 0.05) is 26.2 Å². The van der Waals surface area contributed by atoms with E-state index in [-0.39, 0.29) is 20.8 Å². The van der Waals surface area contributed by atoms with Gasteiger partial charge in [0.2, 0.25) is 8.24 Å². The number of aliphatic imine (C=N–C) groups is 1. The Balaban J connectivity index is 0.000000972. The zero-order chi connectivity index (χ0) is 28.5. The summed E-state index contributed by atoms with van der Waals surface area (Å²) >= 11 is -0.181. The van der Waals surface area contributed by atoms with E-state index in [1.807, 2.05) is 0 Å². The summed E-state index contributed by atoms with van der Waals surface area (Å²) in [4.78, 5) is 7.88. The Bertz CT molecular complexity index is 1170. The number of hydrogen-bond donors (Lipinski definition) is 0. The van der Waals surface area contributed by atoms with Crippen molar-refractivity contribution in [2.45, 2.75) is 50.5 Å². The quantitative estimate of drug-likeness (QED) is 0.118. The van der Waals surface area contributed by atoms with Crippen molar-refractivity contribution >= 4 is 44.7 Å². The summed E-state index contributed by atoms with van der Waals surface area (Å²) in [5.41, 5.74) is 0.604. The van der Waals surface area contributed by atoms with Crippen molar-refractivity contribution in [2.24, 2.45) is 22.7 Å². The number of hydrogen-bond acceptors (Lipinski definition) is 3. The molecule has 0 radical (unpaired) electrons. The third-order valence-electron chi connectivity index (χ3n) is 9.58. The van der Waals surface area contributed by atoms with E-state index in [0.29, 0.717) is 17.4 Å². The van der Waals surface area contributed by atoms with Gasteiger partial charge in [-0.05, 0) is 72.2 Å². The number of halogens is 2. The van der Waals surface area contributed by atoms with E-state index >= 15 is 0 Å². The van der Waals surface area contributed by atoms with Crippen molar-refractivity contribution in [2.75, 3.05) is 26.2 Å². The van der Waals surface area contributed by atoms with Crippen LogP contribution in [0.5, 0.6) is 0 Å². The van der Waals surface area contributed by atoms with Crippen LogP contribution in [0.15, 0.2) is 103 Å². The fourth-order valence-electron chi connectivity index (χ4n) is 8.06. The molecule has 0 spiro atoms. The van der Waals surface area contributed by atoms with Crippen LogP contribution in [-0.4, -0.2) is 49.8 Å². The molecule has 0 amide bonds. The van der Waals surface area contributed by atoms with Crippen LogP contribution >= 0.6 is 20.1 Å². The van der Waals surface area contributed by atoms with Crippen molar-refractivity contribution in [1.29, 1.82) is 0 Å². The molecule has 0 N–H and O–H groups in total. The predicted molar refractivity (Wildman–Crippen MR) is 182 cm³/mol. The SMILES string of the molecule is C=CCCCCC1CC([Si](c2ccccc2)(c2ccccc2)N2CCCN3CCCN=C32)C2C=CC=CC12.[CH3-].[Cl][Cr+][Cl]. The predicted octanol–water partition coefficient (Wildman–Crippen LogP) is 7.84. The molecule has 1 saturated heterocycles. The first-order chi connectivity index (χ1) is 20.2. The Labute approximate surface area is 270 Å². The first kappa shape index (κ1) is 33.2. The maximum atomic E-state index is 5.28. The molecule has 225 valence electrons. The van der Waals surface area contributed by atoms with Gasteiger partial charge in [-0.15, -0.1) is 6.58 Å². The monoisotopic (exact) mass is 658 g/mol. The van der Waals surface area contributed by atoms with Gasteiger partial charge >= 0.3 is 33.5 Å². The number of allylic oxidation sites excluding steroid dienone is 5. The van der Waals surface area contributed by atoms with Crippen LogP contribution in [0, 0.1) is 25.2 Å². The third kappa shape index (κ3) is 6.82. The van der Waals surface area contributed by atoms with Crippen LogP contribution in [0.4, 0.5) is 0 Å². The van der Waals surface area contributed by atoms with Crippen molar-refractivity contribution in [3.63, 3.8) is 0 Å². The van der Waals surface area contributed by atoms with Crippen LogP contribution in [0.2, 0.25) is 5.54 Å². The summed E-state index contributed by atoms with van der Waals surface area (Å²) in [6, 6.07) is 23.3. The van der Waals surface area contributed by atoms with Gasteiger partial charge in [-0.2, -0.15) is 0 Å². The van der Waals surface area contributed by atoms with Crippen LogP contribution in [0.1, 0.15) is 44.9 Å². The number of unbranched alkanes of at least 4 members (excludes halogenated alkanes) is 2. The Kier molecular flexibility index (Phi) is 12.9. The number of rotatable bonds is 9. The third-order valence-corrected chi connectivity index (χ3v) is 15.0. The van der Waals surface area contributed by atoms with Gasteiger partial charge in [0.15, 0.2) is 5.96 Å². The Morgan fingerprint density at radius 1 is 0.881 bits per heavy atom. The number of nitrogens with zero attached hydrogens (tertiary/aromatic N) is 3. The van der Waals surface area contributed by atoms with Gasteiger partial charge in [-0.25, -0.2) is 0 Å². The maximum absolute atomic E-state index is 5.28. The summed E-state index contributed by atoms with van der Waals surface area (Å²) in [7, 11) is 7.19. The molecule has 2 fully saturated rings. The zero-order valence-electron chi connectivity index (χ0n) is 25.0. The van der Waals surface area contributed by atoms with Gasteiger partial charge in [0.1, 0.15) is 0 Å². The van der Waals surface area contributed by atoms with E-state index in [0.717, 1.165) is 38.5 Å². The molecule has 7 heteroatoms. The van der Waals surface area contributed by atoms with E-state index in [9.17, 15) is 0 Å². The first-order valence-corrected chi connectivity index (χ1v) is 20.8. The topological polar surface area (TPSA) is 18.8 Å². The second-order valence-corrected chi connectivity index (χ2v) is 17.8. The fraction of sp³-hybridized carbons (Fsp3) is 0.429. The molecular weight excluding hydrogens is 613 g/mol. The normalized spacial score (nSPS) is 24.4. The summed E-state index contributed by atoms with van der Waals surface area (Å²) < 4.78 is 2.90.